The number of benzene rings is 1. The first-order valence-electron chi connectivity index (χ1n) is 4.85. The Hall–Kier alpha value is -1.35. The number of primary amides is 1. The Morgan fingerprint density at radius 3 is 2.80 bits per heavy atom. The second kappa shape index (κ2) is 3.66. The van der Waals surface area contributed by atoms with Crippen LogP contribution in [0.1, 0.15) is 16.0 Å². The van der Waals surface area contributed by atoms with Gasteiger partial charge in [0.2, 0.25) is 5.91 Å². The second-order valence-corrected chi connectivity index (χ2v) is 5.04. The Balaban J connectivity index is 2.65. The van der Waals surface area contributed by atoms with Crippen LogP contribution in [0.2, 0.25) is 0 Å². The lowest BCUT2D eigenvalue weighted by molar-refractivity contribution is -0.117. The average molecular weight is 219 g/mol. The molecule has 0 fully saturated rings. The first-order valence-corrected chi connectivity index (χ1v) is 5.66. The maximum absolute atomic E-state index is 11.0. The zero-order valence-electron chi connectivity index (χ0n) is 8.83. The van der Waals surface area contributed by atoms with Crippen LogP contribution in [0.25, 0.3) is 10.1 Å². The van der Waals surface area contributed by atoms with Crippen molar-refractivity contribution in [3.05, 3.63) is 34.2 Å². The highest BCUT2D eigenvalue weighted by Gasteiger charge is 2.10. The van der Waals surface area contributed by atoms with Gasteiger partial charge in [0.25, 0.3) is 0 Å². The number of nitrogens with two attached hydrogens (primary N) is 1. The summed E-state index contributed by atoms with van der Waals surface area (Å²) in [5.41, 5.74) is 7.55. The number of hydrogen-bond donors (Lipinski definition) is 1. The van der Waals surface area contributed by atoms with Crippen LogP contribution >= 0.6 is 11.3 Å². The predicted octanol–water partition coefficient (Wildman–Crippen LogP) is 2.55. The zero-order chi connectivity index (χ0) is 11.0. The fraction of sp³-hybridized carbons (Fsp3) is 0.250. The molecule has 2 nitrogen and oxygen atoms in total. The molecule has 0 aliphatic rings. The van der Waals surface area contributed by atoms with E-state index in [1.165, 1.54) is 20.5 Å². The maximum atomic E-state index is 11.0. The second-order valence-electron chi connectivity index (χ2n) is 3.78. The van der Waals surface area contributed by atoms with Crippen molar-refractivity contribution in [2.75, 3.05) is 0 Å². The summed E-state index contributed by atoms with van der Waals surface area (Å²) < 4.78 is 1.23. The summed E-state index contributed by atoms with van der Waals surface area (Å²) in [4.78, 5) is 12.2. The summed E-state index contributed by atoms with van der Waals surface area (Å²) >= 11 is 1.72. The van der Waals surface area contributed by atoms with Gasteiger partial charge in [0.15, 0.2) is 0 Å². The fourth-order valence-corrected chi connectivity index (χ4v) is 2.84. The molecule has 1 heterocycles. The van der Waals surface area contributed by atoms with Gasteiger partial charge in [0, 0.05) is 9.58 Å². The summed E-state index contributed by atoms with van der Waals surface area (Å²) in [7, 11) is 0. The molecule has 0 radical (unpaired) electrons. The lowest BCUT2D eigenvalue weighted by atomic mass is 10.1. The van der Waals surface area contributed by atoms with Crippen LogP contribution in [0.3, 0.4) is 0 Å². The minimum Gasteiger partial charge on any atom is -0.369 e. The van der Waals surface area contributed by atoms with Gasteiger partial charge in [-0.2, -0.15) is 0 Å². The number of aryl methyl sites for hydroxylation is 2. The highest BCUT2D eigenvalue weighted by atomic mass is 32.1. The monoisotopic (exact) mass is 219 g/mol. The Morgan fingerprint density at radius 2 is 2.13 bits per heavy atom. The van der Waals surface area contributed by atoms with Crippen LogP contribution in [0, 0.1) is 13.8 Å². The first-order chi connectivity index (χ1) is 7.08. The van der Waals surface area contributed by atoms with Crippen molar-refractivity contribution in [2.24, 2.45) is 5.73 Å². The highest BCUT2D eigenvalue weighted by Crippen LogP contribution is 2.31. The number of hydrogen-bond acceptors (Lipinski definition) is 2. The average Bonchev–Trinajstić information content (AvgIpc) is 2.43. The van der Waals surface area contributed by atoms with Gasteiger partial charge in [0.05, 0.1) is 6.42 Å². The molecule has 15 heavy (non-hydrogen) atoms. The largest absolute Gasteiger partial charge is 0.369 e. The third-order valence-corrected chi connectivity index (χ3v) is 3.63. The summed E-state index contributed by atoms with van der Waals surface area (Å²) in [6.07, 6.45) is 0.343. The smallest absolute Gasteiger partial charge is 0.221 e. The Kier molecular flexibility index (Phi) is 2.49. The normalized spacial score (nSPS) is 10.8. The van der Waals surface area contributed by atoms with E-state index < -0.39 is 0 Å². The molecule has 1 aromatic heterocycles. The molecular weight excluding hydrogens is 206 g/mol. The molecule has 1 amide bonds. The van der Waals surface area contributed by atoms with E-state index in [1.807, 2.05) is 6.92 Å². The SMILES string of the molecule is Cc1ccc2sc(C)c(CC(N)=O)c2c1. The highest BCUT2D eigenvalue weighted by molar-refractivity contribution is 7.19. The molecule has 2 aromatic rings. The van der Waals surface area contributed by atoms with Crippen molar-refractivity contribution < 1.29 is 4.79 Å². The van der Waals surface area contributed by atoms with Gasteiger partial charge in [-0.05, 0) is 30.9 Å². The quantitative estimate of drug-likeness (QED) is 0.828. The number of carbonyl (C=O) groups excluding carboxylic acids is 1. The van der Waals surface area contributed by atoms with E-state index in [-0.39, 0.29) is 5.91 Å². The Morgan fingerprint density at radius 1 is 1.40 bits per heavy atom. The maximum Gasteiger partial charge on any atom is 0.221 e. The molecule has 2 rings (SSSR count). The molecule has 0 unspecified atom stereocenters. The van der Waals surface area contributed by atoms with Crippen molar-refractivity contribution >= 4 is 27.3 Å². The van der Waals surface area contributed by atoms with Gasteiger partial charge in [-0.15, -0.1) is 11.3 Å². The topological polar surface area (TPSA) is 43.1 Å². The van der Waals surface area contributed by atoms with Crippen molar-refractivity contribution in [3.63, 3.8) is 0 Å². The van der Waals surface area contributed by atoms with Crippen molar-refractivity contribution in [1.29, 1.82) is 0 Å². The van der Waals surface area contributed by atoms with Gasteiger partial charge in [-0.3, -0.25) is 4.79 Å². The molecule has 3 heteroatoms. The standard InChI is InChI=1S/C12H13NOS/c1-7-3-4-11-10(5-7)9(6-12(13)14)8(2)15-11/h3-5H,6H2,1-2H3,(H2,13,14). The summed E-state index contributed by atoms with van der Waals surface area (Å²) in [6, 6.07) is 6.32. The van der Waals surface area contributed by atoms with E-state index in [1.54, 1.807) is 11.3 Å². The molecule has 78 valence electrons. The lowest BCUT2D eigenvalue weighted by Crippen LogP contribution is -2.13. The Labute approximate surface area is 92.7 Å². The first kappa shape index (κ1) is 10.2. The van der Waals surface area contributed by atoms with Crippen LogP contribution in [-0.2, 0) is 11.2 Å². The van der Waals surface area contributed by atoms with E-state index in [9.17, 15) is 4.79 Å². The molecule has 0 aliphatic carbocycles. The molecule has 0 spiro atoms. The van der Waals surface area contributed by atoms with Gasteiger partial charge in [0.1, 0.15) is 0 Å². The molecule has 0 saturated heterocycles. The molecule has 0 saturated carbocycles. The predicted molar refractivity (Wildman–Crippen MR) is 64.2 cm³/mol. The third-order valence-electron chi connectivity index (χ3n) is 2.50. The summed E-state index contributed by atoms with van der Waals surface area (Å²) in [5, 5.41) is 1.18. The Bertz CT molecular complexity index is 528. The van der Waals surface area contributed by atoms with Crippen molar-refractivity contribution in [3.8, 4) is 0 Å². The number of amides is 1. The molecule has 1 aromatic carbocycles. The van der Waals surface area contributed by atoms with Crippen LogP contribution in [-0.4, -0.2) is 5.91 Å². The van der Waals surface area contributed by atoms with E-state index in [4.69, 9.17) is 5.73 Å². The van der Waals surface area contributed by atoms with E-state index >= 15 is 0 Å². The number of fused-ring (bicyclic) bond motifs is 1. The minimum atomic E-state index is -0.265. The molecule has 0 aliphatic heterocycles. The molecule has 0 bridgehead atoms. The van der Waals surface area contributed by atoms with E-state index in [2.05, 4.69) is 25.1 Å². The van der Waals surface area contributed by atoms with Crippen LogP contribution in [0.15, 0.2) is 18.2 Å². The zero-order valence-corrected chi connectivity index (χ0v) is 9.65. The summed E-state index contributed by atoms with van der Waals surface area (Å²) in [5.74, 6) is -0.265. The van der Waals surface area contributed by atoms with Crippen LogP contribution in [0.5, 0.6) is 0 Å². The van der Waals surface area contributed by atoms with Crippen LogP contribution in [0.4, 0.5) is 0 Å². The molecule has 0 atom stereocenters. The lowest BCUT2D eigenvalue weighted by Gasteiger charge is -1.98. The third kappa shape index (κ3) is 1.88. The molecular formula is C12H13NOS. The van der Waals surface area contributed by atoms with E-state index in [0.29, 0.717) is 6.42 Å². The fourth-order valence-electron chi connectivity index (χ4n) is 1.78. The minimum absolute atomic E-state index is 0.265. The van der Waals surface area contributed by atoms with Gasteiger partial charge in [-0.25, -0.2) is 0 Å². The van der Waals surface area contributed by atoms with Gasteiger partial charge < -0.3 is 5.73 Å². The molecule has 2 N–H and O–H groups in total. The van der Waals surface area contributed by atoms with Crippen molar-refractivity contribution in [2.45, 2.75) is 20.3 Å². The summed E-state index contributed by atoms with van der Waals surface area (Å²) in [6.45, 7) is 4.10. The van der Waals surface area contributed by atoms with Crippen molar-refractivity contribution in [1.82, 2.24) is 0 Å². The van der Waals surface area contributed by atoms with Crippen LogP contribution < -0.4 is 5.73 Å². The van der Waals surface area contributed by atoms with Gasteiger partial charge >= 0.3 is 0 Å². The number of rotatable bonds is 2. The number of thiophene rings is 1. The number of carbonyl (C=O) groups is 1. The van der Waals surface area contributed by atoms with Gasteiger partial charge in [-0.1, -0.05) is 17.7 Å². The van der Waals surface area contributed by atoms with E-state index in [0.717, 1.165) is 5.56 Å².